The van der Waals surface area contributed by atoms with Crippen molar-refractivity contribution in [2.45, 2.75) is 110 Å². The summed E-state index contributed by atoms with van der Waals surface area (Å²) in [5.41, 5.74) is 0. The van der Waals surface area contributed by atoms with Crippen molar-refractivity contribution in [2.24, 2.45) is 0 Å². The van der Waals surface area contributed by atoms with Gasteiger partial charge in [-0.1, -0.05) is 65.2 Å². The maximum Gasteiger partial charge on any atom is 0.306 e. The largest absolute Gasteiger partial charge is 0.469 e. The van der Waals surface area contributed by atoms with Crippen LogP contribution in [-0.2, 0) is 38.1 Å². The fourth-order valence-electron chi connectivity index (χ4n) is 2.93. The molecule has 1 atom stereocenters. The van der Waals surface area contributed by atoms with Gasteiger partial charge in [0.15, 0.2) is 6.10 Å². The number of ether oxygens (including phenoxy) is 4. The third-order valence-electron chi connectivity index (χ3n) is 4.89. The summed E-state index contributed by atoms with van der Waals surface area (Å²) in [5, 5.41) is 0. The van der Waals surface area contributed by atoms with E-state index < -0.39 is 24.0 Å². The zero-order valence-electron chi connectivity index (χ0n) is 20.2. The zero-order valence-corrected chi connectivity index (χ0v) is 20.2. The Kier molecular flexibility index (Phi) is 19.4. The van der Waals surface area contributed by atoms with Gasteiger partial charge >= 0.3 is 23.9 Å². The van der Waals surface area contributed by atoms with Crippen molar-refractivity contribution < 1.29 is 38.1 Å². The van der Waals surface area contributed by atoms with Crippen LogP contribution < -0.4 is 0 Å². The number of carbonyl (C=O) groups excluding carboxylic acids is 4. The second kappa shape index (κ2) is 20.8. The summed E-state index contributed by atoms with van der Waals surface area (Å²) in [6.07, 6.45) is 9.56. The van der Waals surface area contributed by atoms with Crippen LogP contribution in [0.25, 0.3) is 0 Å². The molecule has 8 heteroatoms. The minimum absolute atomic E-state index is 0.0927. The van der Waals surface area contributed by atoms with E-state index in [4.69, 9.17) is 14.2 Å². The molecule has 0 aliphatic heterocycles. The van der Waals surface area contributed by atoms with Crippen molar-refractivity contribution in [3.63, 3.8) is 0 Å². The van der Waals surface area contributed by atoms with Crippen molar-refractivity contribution in [3.8, 4) is 0 Å². The molecule has 1 unspecified atom stereocenters. The van der Waals surface area contributed by atoms with E-state index in [2.05, 4.69) is 18.6 Å². The Morgan fingerprint density at radius 2 is 1.00 bits per heavy atom. The van der Waals surface area contributed by atoms with Crippen molar-refractivity contribution >= 4 is 23.9 Å². The second-order valence-corrected chi connectivity index (χ2v) is 7.88. The highest BCUT2D eigenvalue weighted by Crippen LogP contribution is 2.09. The first-order valence-electron chi connectivity index (χ1n) is 12.0. The van der Waals surface area contributed by atoms with Crippen LogP contribution in [0, 0.1) is 0 Å². The van der Waals surface area contributed by atoms with E-state index in [-0.39, 0.29) is 38.4 Å². The molecule has 0 saturated heterocycles. The van der Waals surface area contributed by atoms with Crippen LogP contribution in [-0.4, -0.2) is 50.3 Å². The molecule has 0 N–H and O–H groups in total. The average Bonchev–Trinajstić information content (AvgIpc) is 2.78. The number of esters is 4. The molecule has 0 aliphatic rings. The average molecular weight is 459 g/mol. The number of unbranched alkanes of at least 4 members (excludes halogenated alkanes) is 8. The third-order valence-corrected chi connectivity index (χ3v) is 4.89. The van der Waals surface area contributed by atoms with E-state index >= 15 is 0 Å². The molecule has 0 bridgehead atoms. The van der Waals surface area contributed by atoms with E-state index in [0.29, 0.717) is 6.42 Å². The Hall–Kier alpha value is -2.12. The molecule has 0 amide bonds. The molecule has 0 aliphatic carbocycles. The molecule has 186 valence electrons. The molecule has 8 nitrogen and oxygen atoms in total. The minimum Gasteiger partial charge on any atom is -0.469 e. The lowest BCUT2D eigenvalue weighted by Crippen LogP contribution is -2.31. The van der Waals surface area contributed by atoms with Gasteiger partial charge in [0.2, 0.25) is 0 Å². The highest BCUT2D eigenvalue weighted by Gasteiger charge is 2.20. The van der Waals surface area contributed by atoms with Crippen LogP contribution in [0.5, 0.6) is 0 Å². The van der Waals surface area contributed by atoms with E-state index in [9.17, 15) is 19.2 Å². The monoisotopic (exact) mass is 458 g/mol. The molecule has 0 aromatic carbocycles. The molecule has 32 heavy (non-hydrogen) atoms. The van der Waals surface area contributed by atoms with Gasteiger partial charge in [-0.25, -0.2) is 0 Å². The Morgan fingerprint density at radius 1 is 0.562 bits per heavy atom. The minimum atomic E-state index is -0.871. The van der Waals surface area contributed by atoms with Crippen LogP contribution in [0.2, 0.25) is 0 Å². The predicted octanol–water partition coefficient (Wildman–Crippen LogP) is 4.66. The quantitative estimate of drug-likeness (QED) is 0.147. The number of hydrogen-bond donors (Lipinski definition) is 0. The number of hydrogen-bond acceptors (Lipinski definition) is 8. The lowest BCUT2D eigenvalue weighted by molar-refractivity contribution is -0.167. The highest BCUT2D eigenvalue weighted by molar-refractivity contribution is 5.77. The predicted molar refractivity (Wildman–Crippen MR) is 120 cm³/mol. The lowest BCUT2D eigenvalue weighted by atomic mass is 10.1. The van der Waals surface area contributed by atoms with Gasteiger partial charge in [0, 0.05) is 12.8 Å². The van der Waals surface area contributed by atoms with E-state index in [1.807, 2.05) is 0 Å². The number of rotatable bonds is 20. The maximum atomic E-state index is 12.1. The van der Waals surface area contributed by atoms with E-state index in [1.54, 1.807) is 0 Å². The van der Waals surface area contributed by atoms with Gasteiger partial charge < -0.3 is 18.9 Å². The first-order valence-corrected chi connectivity index (χ1v) is 12.0. The zero-order chi connectivity index (χ0) is 24.0. The summed E-state index contributed by atoms with van der Waals surface area (Å²) in [5.74, 6) is -1.90. The van der Waals surface area contributed by atoms with Gasteiger partial charge in [0.25, 0.3) is 0 Å². The van der Waals surface area contributed by atoms with E-state index in [0.717, 1.165) is 64.2 Å². The molecule has 0 spiro atoms. The van der Waals surface area contributed by atoms with Crippen LogP contribution in [0.4, 0.5) is 0 Å². The van der Waals surface area contributed by atoms with Gasteiger partial charge in [-0.15, -0.1) is 0 Å². The summed E-state index contributed by atoms with van der Waals surface area (Å²) in [7, 11) is 1.24. The van der Waals surface area contributed by atoms with Crippen LogP contribution in [0.3, 0.4) is 0 Å². The normalized spacial score (nSPS) is 11.5. The molecular formula is C24H42O8. The van der Waals surface area contributed by atoms with Gasteiger partial charge in [0.05, 0.1) is 20.0 Å². The maximum absolute atomic E-state index is 12.1. The fraction of sp³-hybridized carbons (Fsp3) is 0.833. The molecular weight excluding hydrogens is 416 g/mol. The van der Waals surface area contributed by atoms with Crippen molar-refractivity contribution in [2.75, 3.05) is 20.3 Å². The number of carbonyl (C=O) groups is 4. The standard InChI is InChI=1S/C24H42O8/c1-4-6-8-10-12-14-22(26)30-18-20(19-31-23(27)17-16-21(25)29-3)32-24(28)15-13-11-9-7-5-2/h20H,4-19H2,1-3H3. The Bertz CT molecular complexity index is 532. The van der Waals surface area contributed by atoms with Crippen LogP contribution >= 0.6 is 0 Å². The first-order chi connectivity index (χ1) is 15.4. The highest BCUT2D eigenvalue weighted by atomic mass is 16.6. The Morgan fingerprint density at radius 3 is 1.50 bits per heavy atom. The van der Waals surface area contributed by atoms with Crippen LogP contribution in [0.15, 0.2) is 0 Å². The molecule has 0 aromatic heterocycles. The van der Waals surface area contributed by atoms with E-state index in [1.165, 1.54) is 7.11 Å². The van der Waals surface area contributed by atoms with Crippen molar-refractivity contribution in [1.29, 1.82) is 0 Å². The fourth-order valence-corrected chi connectivity index (χ4v) is 2.93. The smallest absolute Gasteiger partial charge is 0.306 e. The van der Waals surface area contributed by atoms with Gasteiger partial charge in [-0.3, -0.25) is 19.2 Å². The second-order valence-electron chi connectivity index (χ2n) is 7.88. The molecule has 0 fully saturated rings. The molecule has 0 saturated carbocycles. The summed E-state index contributed by atoms with van der Waals surface area (Å²) in [6, 6.07) is 0. The number of methoxy groups -OCH3 is 1. The summed E-state index contributed by atoms with van der Waals surface area (Å²) in [4.78, 5) is 47.0. The molecule has 0 heterocycles. The van der Waals surface area contributed by atoms with Crippen molar-refractivity contribution in [3.05, 3.63) is 0 Å². The van der Waals surface area contributed by atoms with Gasteiger partial charge in [0.1, 0.15) is 13.2 Å². The lowest BCUT2D eigenvalue weighted by Gasteiger charge is -2.18. The molecule has 0 aromatic rings. The van der Waals surface area contributed by atoms with Crippen molar-refractivity contribution in [1.82, 2.24) is 0 Å². The summed E-state index contributed by atoms with van der Waals surface area (Å²) < 4.78 is 20.2. The Labute approximate surface area is 192 Å². The van der Waals surface area contributed by atoms with Gasteiger partial charge in [-0.05, 0) is 12.8 Å². The Balaban J connectivity index is 4.44. The molecule has 0 radical (unpaired) electrons. The van der Waals surface area contributed by atoms with Crippen LogP contribution in [0.1, 0.15) is 104 Å². The summed E-state index contributed by atoms with van der Waals surface area (Å²) >= 11 is 0. The molecule has 0 rings (SSSR count). The third kappa shape index (κ3) is 18.6. The topological polar surface area (TPSA) is 105 Å². The summed E-state index contributed by atoms with van der Waals surface area (Å²) in [6.45, 7) is 3.85. The first kappa shape index (κ1) is 29.9. The SMILES string of the molecule is CCCCCCCC(=O)OCC(COC(=O)CCC(=O)OC)OC(=O)CCCCCCC. The van der Waals surface area contributed by atoms with Gasteiger partial charge in [-0.2, -0.15) is 0 Å².